The predicted octanol–water partition coefficient (Wildman–Crippen LogP) is 3.14. The number of rotatable bonds is 3. The zero-order valence-corrected chi connectivity index (χ0v) is 13.6. The number of nitrogens with zero attached hydrogens (tertiary/aromatic N) is 3. The summed E-state index contributed by atoms with van der Waals surface area (Å²) < 4.78 is 1.99. The Morgan fingerprint density at radius 1 is 1.21 bits per heavy atom. The Balaban J connectivity index is 1.49. The molecule has 0 bridgehead atoms. The van der Waals surface area contributed by atoms with Gasteiger partial charge in [0.2, 0.25) is 0 Å². The predicted molar refractivity (Wildman–Crippen MR) is 97.2 cm³/mol. The first kappa shape index (κ1) is 14.8. The average Bonchev–Trinajstić information content (AvgIpc) is 3.08. The molecule has 0 atom stereocenters. The SMILES string of the molecule is NC(=NCc1ccc2cncn2c1)Nc1cccc2c1CCCC2. The first-order valence-electron chi connectivity index (χ1n) is 8.38. The van der Waals surface area contributed by atoms with Crippen molar-refractivity contribution in [3.63, 3.8) is 0 Å². The normalized spacial score (nSPS) is 14.6. The first-order valence-corrected chi connectivity index (χ1v) is 8.38. The summed E-state index contributed by atoms with van der Waals surface area (Å²) in [6.07, 6.45) is 10.5. The van der Waals surface area contributed by atoms with Crippen LogP contribution in [0.5, 0.6) is 0 Å². The van der Waals surface area contributed by atoms with Gasteiger partial charge in [-0.3, -0.25) is 0 Å². The van der Waals surface area contributed by atoms with Crippen LogP contribution >= 0.6 is 0 Å². The van der Waals surface area contributed by atoms with Crippen LogP contribution in [0.1, 0.15) is 29.5 Å². The molecule has 0 radical (unpaired) electrons. The summed E-state index contributed by atoms with van der Waals surface area (Å²) in [6.45, 7) is 0.544. The Labute approximate surface area is 141 Å². The van der Waals surface area contributed by atoms with E-state index in [4.69, 9.17) is 5.73 Å². The van der Waals surface area contributed by atoms with Crippen molar-refractivity contribution < 1.29 is 0 Å². The van der Waals surface area contributed by atoms with E-state index in [9.17, 15) is 0 Å². The van der Waals surface area contributed by atoms with Crippen LogP contribution in [0.4, 0.5) is 5.69 Å². The van der Waals surface area contributed by atoms with E-state index in [0.717, 1.165) is 29.6 Å². The lowest BCUT2D eigenvalue weighted by atomic mass is 9.90. The summed E-state index contributed by atoms with van der Waals surface area (Å²) in [6, 6.07) is 10.5. The number of guanidine groups is 1. The Bertz CT molecular complexity index is 894. The quantitative estimate of drug-likeness (QED) is 0.575. The summed E-state index contributed by atoms with van der Waals surface area (Å²) in [5, 5.41) is 3.28. The molecule has 122 valence electrons. The van der Waals surface area contributed by atoms with Gasteiger partial charge in [0.05, 0.1) is 24.6 Å². The second-order valence-corrected chi connectivity index (χ2v) is 6.24. The Hall–Kier alpha value is -2.82. The van der Waals surface area contributed by atoms with E-state index in [2.05, 4.69) is 39.6 Å². The summed E-state index contributed by atoms with van der Waals surface area (Å²) in [5.41, 5.74) is 12.2. The lowest BCUT2D eigenvalue weighted by Crippen LogP contribution is -2.24. The lowest BCUT2D eigenvalue weighted by molar-refractivity contribution is 0.687. The zero-order valence-electron chi connectivity index (χ0n) is 13.6. The van der Waals surface area contributed by atoms with Crippen molar-refractivity contribution in [1.82, 2.24) is 9.38 Å². The maximum Gasteiger partial charge on any atom is 0.193 e. The van der Waals surface area contributed by atoms with Crippen LogP contribution in [0.15, 0.2) is 54.0 Å². The number of nitrogens with two attached hydrogens (primary N) is 1. The molecule has 1 aliphatic rings. The maximum absolute atomic E-state index is 6.10. The molecule has 0 aliphatic heterocycles. The van der Waals surface area contributed by atoms with Crippen molar-refractivity contribution >= 4 is 17.2 Å². The highest BCUT2D eigenvalue weighted by molar-refractivity contribution is 5.93. The number of anilines is 1. The van der Waals surface area contributed by atoms with Crippen LogP contribution in [-0.4, -0.2) is 15.3 Å². The Morgan fingerprint density at radius 2 is 2.12 bits per heavy atom. The first-order chi connectivity index (χ1) is 11.8. The molecule has 3 N–H and O–H groups in total. The van der Waals surface area contributed by atoms with E-state index in [-0.39, 0.29) is 0 Å². The van der Waals surface area contributed by atoms with Gasteiger partial charge in [-0.15, -0.1) is 0 Å². The molecule has 1 aliphatic carbocycles. The van der Waals surface area contributed by atoms with Gasteiger partial charge < -0.3 is 15.5 Å². The fraction of sp³-hybridized carbons (Fsp3) is 0.263. The molecular weight excluding hydrogens is 298 g/mol. The molecule has 5 heteroatoms. The van der Waals surface area contributed by atoms with Gasteiger partial charge in [0.1, 0.15) is 0 Å². The second kappa shape index (κ2) is 6.35. The molecule has 0 fully saturated rings. The molecule has 3 aromatic rings. The highest BCUT2D eigenvalue weighted by atomic mass is 15.1. The summed E-state index contributed by atoms with van der Waals surface area (Å²) in [7, 11) is 0. The fourth-order valence-corrected chi connectivity index (χ4v) is 3.31. The van der Waals surface area contributed by atoms with Crippen LogP contribution in [0, 0.1) is 0 Å². The number of pyridine rings is 1. The van der Waals surface area contributed by atoms with Crippen molar-refractivity contribution in [2.75, 3.05) is 5.32 Å². The van der Waals surface area contributed by atoms with Crippen molar-refractivity contribution in [3.05, 3.63) is 65.7 Å². The topological polar surface area (TPSA) is 67.7 Å². The number of aryl methyl sites for hydroxylation is 1. The van der Waals surface area contributed by atoms with E-state index in [1.165, 1.54) is 24.0 Å². The number of nitrogens with one attached hydrogen (secondary N) is 1. The third-order valence-electron chi connectivity index (χ3n) is 4.56. The van der Waals surface area contributed by atoms with Crippen molar-refractivity contribution in [2.45, 2.75) is 32.2 Å². The fourth-order valence-electron chi connectivity index (χ4n) is 3.31. The van der Waals surface area contributed by atoms with Gasteiger partial charge in [0.25, 0.3) is 0 Å². The summed E-state index contributed by atoms with van der Waals surface area (Å²) in [5.74, 6) is 0.458. The molecular formula is C19H21N5. The third-order valence-corrected chi connectivity index (χ3v) is 4.56. The monoisotopic (exact) mass is 319 g/mol. The highest BCUT2D eigenvalue weighted by Crippen LogP contribution is 2.27. The number of aliphatic imine (C=N–C) groups is 1. The van der Waals surface area contributed by atoms with E-state index < -0.39 is 0 Å². The number of imidazole rings is 1. The van der Waals surface area contributed by atoms with Gasteiger partial charge in [0, 0.05) is 11.9 Å². The third kappa shape index (κ3) is 2.97. The van der Waals surface area contributed by atoms with Crippen LogP contribution in [0.3, 0.4) is 0 Å². The largest absolute Gasteiger partial charge is 0.370 e. The van der Waals surface area contributed by atoms with Crippen LogP contribution in [0.25, 0.3) is 5.52 Å². The minimum atomic E-state index is 0.458. The minimum absolute atomic E-state index is 0.458. The zero-order chi connectivity index (χ0) is 16.4. The van der Waals surface area contributed by atoms with Crippen LogP contribution in [0.2, 0.25) is 0 Å². The molecule has 24 heavy (non-hydrogen) atoms. The van der Waals surface area contributed by atoms with Crippen LogP contribution in [-0.2, 0) is 19.4 Å². The number of hydrogen-bond acceptors (Lipinski definition) is 2. The van der Waals surface area contributed by atoms with Crippen LogP contribution < -0.4 is 11.1 Å². The van der Waals surface area contributed by atoms with E-state index >= 15 is 0 Å². The van der Waals surface area contributed by atoms with Gasteiger partial charge in [0.15, 0.2) is 5.96 Å². The maximum atomic E-state index is 6.10. The average molecular weight is 319 g/mol. The van der Waals surface area contributed by atoms with E-state index in [1.807, 2.05) is 22.9 Å². The van der Waals surface area contributed by atoms with Gasteiger partial charge >= 0.3 is 0 Å². The second-order valence-electron chi connectivity index (χ2n) is 6.24. The molecule has 0 spiro atoms. The molecule has 5 nitrogen and oxygen atoms in total. The highest BCUT2D eigenvalue weighted by Gasteiger charge is 2.13. The van der Waals surface area contributed by atoms with Crippen molar-refractivity contribution in [2.24, 2.45) is 10.7 Å². The number of fused-ring (bicyclic) bond motifs is 2. The van der Waals surface area contributed by atoms with Gasteiger partial charge in [-0.1, -0.05) is 18.2 Å². The molecule has 0 saturated carbocycles. The molecule has 0 saturated heterocycles. The van der Waals surface area contributed by atoms with Gasteiger partial charge in [-0.25, -0.2) is 9.98 Å². The van der Waals surface area contributed by atoms with E-state index in [0.29, 0.717) is 12.5 Å². The molecule has 4 rings (SSSR count). The number of aromatic nitrogens is 2. The van der Waals surface area contributed by atoms with Gasteiger partial charge in [-0.05, 0) is 54.5 Å². The molecule has 2 heterocycles. The van der Waals surface area contributed by atoms with E-state index in [1.54, 1.807) is 6.33 Å². The smallest absolute Gasteiger partial charge is 0.193 e. The summed E-state index contributed by atoms with van der Waals surface area (Å²) >= 11 is 0. The Morgan fingerprint density at radius 3 is 3.08 bits per heavy atom. The molecule has 1 aromatic carbocycles. The number of hydrogen-bond donors (Lipinski definition) is 2. The molecule has 0 amide bonds. The van der Waals surface area contributed by atoms with Crippen molar-refractivity contribution in [3.8, 4) is 0 Å². The minimum Gasteiger partial charge on any atom is -0.370 e. The van der Waals surface area contributed by atoms with Crippen molar-refractivity contribution in [1.29, 1.82) is 0 Å². The Kier molecular flexibility index (Phi) is 3.91. The molecule has 0 unspecified atom stereocenters. The van der Waals surface area contributed by atoms with Gasteiger partial charge in [-0.2, -0.15) is 0 Å². The number of benzene rings is 1. The standard InChI is InChI=1S/C19H21N5/c20-19(22-10-14-8-9-16-11-21-13-24(16)12-14)23-18-7-3-5-15-4-1-2-6-17(15)18/h3,5,7-9,11-13H,1-2,4,6,10H2,(H3,20,22,23). The lowest BCUT2D eigenvalue weighted by Gasteiger charge is -2.19. The molecule has 2 aromatic heterocycles. The summed E-state index contributed by atoms with van der Waals surface area (Å²) in [4.78, 5) is 8.60.